The Bertz CT molecular complexity index is 485. The fourth-order valence-electron chi connectivity index (χ4n) is 1.48. The van der Waals surface area contributed by atoms with Crippen molar-refractivity contribution in [2.24, 2.45) is 0 Å². The summed E-state index contributed by atoms with van der Waals surface area (Å²) in [5.74, 6) is -0.981. The SMILES string of the molecule is CN(CCCC(=O)O)C(=O)/C=C/c1ccccc1Br. The van der Waals surface area contributed by atoms with Crippen molar-refractivity contribution in [2.75, 3.05) is 13.6 Å². The van der Waals surface area contributed by atoms with Gasteiger partial charge in [0.25, 0.3) is 0 Å². The molecule has 1 rings (SSSR count). The fourth-order valence-corrected chi connectivity index (χ4v) is 1.89. The van der Waals surface area contributed by atoms with Crippen LogP contribution in [0.1, 0.15) is 18.4 Å². The maximum Gasteiger partial charge on any atom is 0.303 e. The first-order chi connectivity index (χ1) is 9.00. The third kappa shape index (κ3) is 5.70. The zero-order valence-corrected chi connectivity index (χ0v) is 12.3. The molecule has 0 aliphatic heterocycles. The molecule has 0 heterocycles. The molecule has 0 spiro atoms. The molecule has 0 aliphatic rings. The van der Waals surface area contributed by atoms with E-state index in [0.717, 1.165) is 10.0 Å². The Hall–Kier alpha value is -1.62. The topological polar surface area (TPSA) is 57.6 Å². The third-order valence-electron chi connectivity index (χ3n) is 2.57. The molecule has 19 heavy (non-hydrogen) atoms. The summed E-state index contributed by atoms with van der Waals surface area (Å²) >= 11 is 3.40. The van der Waals surface area contributed by atoms with Crippen LogP contribution in [0.2, 0.25) is 0 Å². The van der Waals surface area contributed by atoms with Gasteiger partial charge >= 0.3 is 5.97 Å². The summed E-state index contributed by atoms with van der Waals surface area (Å²) < 4.78 is 0.924. The van der Waals surface area contributed by atoms with E-state index in [9.17, 15) is 9.59 Å². The second kappa shape index (κ2) is 7.74. The van der Waals surface area contributed by atoms with E-state index < -0.39 is 5.97 Å². The van der Waals surface area contributed by atoms with E-state index in [4.69, 9.17) is 5.11 Å². The number of likely N-dealkylation sites (N-methyl/N-ethyl adjacent to an activating group) is 1. The van der Waals surface area contributed by atoms with Crippen LogP contribution in [-0.2, 0) is 9.59 Å². The van der Waals surface area contributed by atoms with Crippen LogP contribution in [0, 0.1) is 0 Å². The first kappa shape index (κ1) is 15.4. The summed E-state index contributed by atoms with van der Waals surface area (Å²) in [7, 11) is 1.66. The summed E-state index contributed by atoms with van der Waals surface area (Å²) in [5, 5.41) is 8.52. The van der Waals surface area contributed by atoms with Crippen LogP contribution in [0.5, 0.6) is 0 Å². The molecule has 0 aliphatic carbocycles. The summed E-state index contributed by atoms with van der Waals surface area (Å²) in [5.41, 5.74) is 0.926. The predicted octanol–water partition coefficient (Wildman–Crippen LogP) is 2.79. The number of carbonyl (C=O) groups excluding carboxylic acids is 1. The van der Waals surface area contributed by atoms with Crippen molar-refractivity contribution in [1.29, 1.82) is 0 Å². The molecule has 0 saturated carbocycles. The van der Waals surface area contributed by atoms with Gasteiger partial charge in [0.1, 0.15) is 0 Å². The van der Waals surface area contributed by atoms with Crippen LogP contribution in [0.15, 0.2) is 34.8 Å². The van der Waals surface area contributed by atoms with E-state index in [1.165, 1.54) is 11.0 Å². The largest absolute Gasteiger partial charge is 0.481 e. The number of rotatable bonds is 6. The quantitative estimate of drug-likeness (QED) is 0.818. The van der Waals surface area contributed by atoms with Crippen LogP contribution in [-0.4, -0.2) is 35.5 Å². The third-order valence-corrected chi connectivity index (χ3v) is 3.29. The second-order valence-electron chi connectivity index (χ2n) is 4.11. The van der Waals surface area contributed by atoms with Gasteiger partial charge in [-0.2, -0.15) is 0 Å². The van der Waals surface area contributed by atoms with Gasteiger partial charge in [0.2, 0.25) is 5.91 Å². The van der Waals surface area contributed by atoms with Crippen molar-refractivity contribution < 1.29 is 14.7 Å². The highest BCUT2D eigenvalue weighted by atomic mass is 79.9. The number of benzene rings is 1. The van der Waals surface area contributed by atoms with Crippen LogP contribution in [0.25, 0.3) is 6.08 Å². The number of nitrogens with zero attached hydrogens (tertiary/aromatic N) is 1. The molecule has 102 valence electrons. The molecule has 0 fully saturated rings. The lowest BCUT2D eigenvalue weighted by Gasteiger charge is -2.14. The number of amides is 1. The Morgan fingerprint density at radius 2 is 2.05 bits per heavy atom. The fraction of sp³-hybridized carbons (Fsp3) is 0.286. The number of carboxylic acid groups (broad SMARTS) is 1. The number of carboxylic acids is 1. The van der Waals surface area contributed by atoms with E-state index in [1.54, 1.807) is 13.1 Å². The molecule has 1 aromatic carbocycles. The molecular formula is C14H16BrNO3. The number of carbonyl (C=O) groups is 2. The Morgan fingerprint density at radius 3 is 2.68 bits per heavy atom. The number of aliphatic carboxylic acids is 1. The summed E-state index contributed by atoms with van der Waals surface area (Å²) in [6.45, 7) is 0.436. The van der Waals surface area contributed by atoms with Crippen molar-refractivity contribution >= 4 is 33.9 Å². The first-order valence-corrected chi connectivity index (χ1v) is 6.69. The van der Waals surface area contributed by atoms with Gasteiger partial charge in [-0.25, -0.2) is 0 Å². The van der Waals surface area contributed by atoms with Crippen molar-refractivity contribution in [2.45, 2.75) is 12.8 Å². The van der Waals surface area contributed by atoms with Crippen molar-refractivity contribution in [1.82, 2.24) is 4.90 Å². The molecule has 0 saturated heterocycles. The molecule has 1 aromatic rings. The Balaban J connectivity index is 2.50. The van der Waals surface area contributed by atoms with E-state index in [1.807, 2.05) is 24.3 Å². The zero-order chi connectivity index (χ0) is 14.3. The molecule has 0 aromatic heterocycles. The summed E-state index contributed by atoms with van der Waals surface area (Å²) in [6, 6.07) is 7.60. The van der Waals surface area contributed by atoms with Gasteiger partial charge < -0.3 is 10.0 Å². The maximum atomic E-state index is 11.8. The molecule has 0 radical (unpaired) electrons. The van der Waals surface area contributed by atoms with E-state index >= 15 is 0 Å². The Labute approximate surface area is 120 Å². The minimum absolute atomic E-state index is 0.0750. The molecule has 0 bridgehead atoms. The molecule has 0 unspecified atom stereocenters. The predicted molar refractivity (Wildman–Crippen MR) is 77.7 cm³/mol. The number of hydrogen-bond acceptors (Lipinski definition) is 2. The van der Waals surface area contributed by atoms with Gasteiger partial charge in [0.05, 0.1) is 0 Å². The highest BCUT2D eigenvalue weighted by Gasteiger charge is 2.06. The van der Waals surface area contributed by atoms with Crippen LogP contribution in [0.4, 0.5) is 0 Å². The average molecular weight is 326 g/mol. The minimum Gasteiger partial charge on any atom is -0.481 e. The molecular weight excluding hydrogens is 310 g/mol. The smallest absolute Gasteiger partial charge is 0.303 e. The number of halogens is 1. The summed E-state index contributed by atoms with van der Waals surface area (Å²) in [6.07, 6.45) is 3.76. The highest BCUT2D eigenvalue weighted by Crippen LogP contribution is 2.17. The van der Waals surface area contributed by atoms with Gasteiger partial charge in [0.15, 0.2) is 0 Å². The monoisotopic (exact) mass is 325 g/mol. The molecule has 1 N–H and O–H groups in total. The molecule has 5 heteroatoms. The van der Waals surface area contributed by atoms with Crippen molar-refractivity contribution in [3.8, 4) is 0 Å². The molecule has 4 nitrogen and oxygen atoms in total. The van der Waals surface area contributed by atoms with Gasteiger partial charge in [-0.3, -0.25) is 9.59 Å². The highest BCUT2D eigenvalue weighted by molar-refractivity contribution is 9.10. The van der Waals surface area contributed by atoms with E-state index in [2.05, 4.69) is 15.9 Å². The lowest BCUT2D eigenvalue weighted by Crippen LogP contribution is -2.26. The van der Waals surface area contributed by atoms with Crippen LogP contribution >= 0.6 is 15.9 Å². The average Bonchev–Trinajstić information content (AvgIpc) is 2.36. The van der Waals surface area contributed by atoms with Gasteiger partial charge in [-0.05, 0) is 24.1 Å². The van der Waals surface area contributed by atoms with Crippen LogP contribution in [0.3, 0.4) is 0 Å². The lowest BCUT2D eigenvalue weighted by atomic mass is 10.2. The van der Waals surface area contributed by atoms with Gasteiger partial charge in [-0.1, -0.05) is 34.1 Å². The normalized spacial score (nSPS) is 10.6. The zero-order valence-electron chi connectivity index (χ0n) is 10.7. The van der Waals surface area contributed by atoms with Gasteiger partial charge in [-0.15, -0.1) is 0 Å². The number of hydrogen-bond donors (Lipinski definition) is 1. The van der Waals surface area contributed by atoms with E-state index in [0.29, 0.717) is 13.0 Å². The molecule has 1 amide bonds. The standard InChI is InChI=1S/C14H16BrNO3/c1-16(10-4-7-14(18)19)13(17)9-8-11-5-2-3-6-12(11)15/h2-3,5-6,8-9H,4,7,10H2,1H3,(H,18,19)/b9-8+. The van der Waals surface area contributed by atoms with Crippen molar-refractivity contribution in [3.05, 3.63) is 40.4 Å². The maximum absolute atomic E-state index is 11.8. The lowest BCUT2D eigenvalue weighted by molar-refractivity contribution is -0.137. The Kier molecular flexibility index (Phi) is 6.29. The van der Waals surface area contributed by atoms with Gasteiger partial charge in [0, 0.05) is 30.6 Å². The second-order valence-corrected chi connectivity index (χ2v) is 4.97. The van der Waals surface area contributed by atoms with E-state index in [-0.39, 0.29) is 12.3 Å². The Morgan fingerprint density at radius 1 is 1.37 bits per heavy atom. The van der Waals surface area contributed by atoms with Crippen molar-refractivity contribution in [3.63, 3.8) is 0 Å². The summed E-state index contributed by atoms with van der Waals surface area (Å²) in [4.78, 5) is 23.7. The van der Waals surface area contributed by atoms with Crippen LogP contribution < -0.4 is 0 Å². The first-order valence-electron chi connectivity index (χ1n) is 5.90. The minimum atomic E-state index is -0.843. The molecule has 0 atom stereocenters.